The van der Waals surface area contributed by atoms with E-state index >= 15 is 0 Å². The molecule has 1 N–H and O–H groups in total. The molecule has 0 fully saturated rings. The Morgan fingerprint density at radius 2 is 1.89 bits per heavy atom. The van der Waals surface area contributed by atoms with Crippen LogP contribution in [0.5, 0.6) is 0 Å². The van der Waals surface area contributed by atoms with Crippen LogP contribution < -0.4 is 0 Å². The van der Waals surface area contributed by atoms with E-state index < -0.39 is 12.0 Å². The number of alkyl halides is 1. The van der Waals surface area contributed by atoms with Crippen LogP contribution in [-0.4, -0.2) is 24.5 Å². The lowest BCUT2D eigenvalue weighted by atomic mass is 10.1. The molecule has 1 atom stereocenters. The van der Waals surface area contributed by atoms with Crippen LogP contribution in [0.3, 0.4) is 0 Å². The molecule has 114 valence electrons. The Balaban J connectivity index is -0.000000467. The van der Waals surface area contributed by atoms with Gasteiger partial charge in [-0.3, -0.25) is 0 Å². The minimum atomic E-state index is -1.59. The molecule has 0 radical (unpaired) electrons. The highest BCUT2D eigenvalue weighted by Gasteiger charge is 2.19. The first-order valence-corrected chi connectivity index (χ1v) is 6.34. The van der Waals surface area contributed by atoms with E-state index in [-0.39, 0.29) is 49.4 Å². The van der Waals surface area contributed by atoms with Crippen LogP contribution in [0.1, 0.15) is 34.1 Å². The molecule has 5 heteroatoms. The third-order valence-electron chi connectivity index (χ3n) is 1.73. The van der Waals surface area contributed by atoms with Gasteiger partial charge in [-0.25, -0.2) is 8.78 Å². The summed E-state index contributed by atoms with van der Waals surface area (Å²) in [6.45, 7) is 8.03. The van der Waals surface area contributed by atoms with Crippen molar-refractivity contribution < 1.29 is 18.6 Å². The molecule has 0 spiro atoms. The maximum absolute atomic E-state index is 13.0. The maximum atomic E-state index is 13.0. The van der Waals surface area contributed by atoms with Gasteiger partial charge in [0.25, 0.3) is 0 Å². The van der Waals surface area contributed by atoms with E-state index in [1.165, 1.54) is 24.3 Å². The molecule has 0 aliphatic heterocycles. The minimum Gasteiger partial charge on any atom is -0.487 e. The Kier molecular flexibility index (Phi) is 21.9. The van der Waals surface area contributed by atoms with Gasteiger partial charge in [0, 0.05) is 6.42 Å². The molecule has 1 aliphatic carbocycles. The molecule has 0 aromatic heterocycles. The van der Waals surface area contributed by atoms with Gasteiger partial charge in [0.2, 0.25) is 0 Å². The zero-order valence-electron chi connectivity index (χ0n) is 12.0. The third-order valence-corrected chi connectivity index (χ3v) is 1.73. The molecule has 0 aromatic rings. The van der Waals surface area contributed by atoms with Gasteiger partial charge in [-0.2, -0.15) is 0 Å². The fourth-order valence-corrected chi connectivity index (χ4v) is 1.03. The Morgan fingerprint density at radius 1 is 1.32 bits per heavy atom. The fourth-order valence-electron chi connectivity index (χ4n) is 1.03. The number of hydrogen-bond donors (Lipinski definition) is 1. The average molecular weight is 390 g/mol. The molecule has 1 rings (SSSR count). The lowest BCUT2D eigenvalue weighted by molar-refractivity contribution is 0.221. The first-order valence-electron chi connectivity index (χ1n) is 6.34. The summed E-state index contributed by atoms with van der Waals surface area (Å²) in [4.78, 5) is 0. The van der Waals surface area contributed by atoms with Crippen molar-refractivity contribution >= 4 is 24.0 Å². The van der Waals surface area contributed by atoms with Crippen molar-refractivity contribution in [1.29, 1.82) is 0 Å². The highest BCUT2D eigenvalue weighted by Crippen LogP contribution is 2.23. The summed E-state index contributed by atoms with van der Waals surface area (Å²) in [5.41, 5.74) is 0. The largest absolute Gasteiger partial charge is 0.487 e. The van der Waals surface area contributed by atoms with Crippen molar-refractivity contribution in [3.05, 3.63) is 35.9 Å². The molecule has 2 nitrogen and oxygen atoms in total. The van der Waals surface area contributed by atoms with E-state index in [1.54, 1.807) is 0 Å². The summed E-state index contributed by atoms with van der Waals surface area (Å²) < 4.78 is 30.7. The zero-order valence-corrected chi connectivity index (χ0v) is 14.4. The van der Waals surface area contributed by atoms with Gasteiger partial charge in [-0.1, -0.05) is 39.8 Å². The summed E-state index contributed by atoms with van der Waals surface area (Å²) in [5, 5.41) is 8.39. The van der Waals surface area contributed by atoms with E-state index in [0.717, 1.165) is 0 Å². The van der Waals surface area contributed by atoms with Crippen molar-refractivity contribution in [2.45, 2.75) is 40.3 Å². The Bertz CT molecular complexity index is 277. The SMILES string of the molecule is CC.CC.I.OC/C=C/COC1=C(F)C(F)CC=C1. The molecular formula is C14H25F2IO2. The minimum absolute atomic E-state index is 0. The first kappa shape index (κ1) is 23.6. The number of hydrogen-bond acceptors (Lipinski definition) is 2. The Morgan fingerprint density at radius 3 is 2.42 bits per heavy atom. The normalized spacial score (nSPS) is 16.9. The lowest BCUT2D eigenvalue weighted by Gasteiger charge is -2.12. The van der Waals surface area contributed by atoms with Crippen molar-refractivity contribution in [3.63, 3.8) is 0 Å². The maximum Gasteiger partial charge on any atom is 0.176 e. The Labute approximate surface area is 132 Å². The topological polar surface area (TPSA) is 29.5 Å². The molecule has 0 saturated heterocycles. The van der Waals surface area contributed by atoms with Gasteiger partial charge in [-0.15, -0.1) is 24.0 Å². The van der Waals surface area contributed by atoms with Crippen molar-refractivity contribution in [3.8, 4) is 0 Å². The second-order valence-corrected chi connectivity index (χ2v) is 2.78. The molecule has 0 aromatic carbocycles. The van der Waals surface area contributed by atoms with Crippen LogP contribution in [0.25, 0.3) is 0 Å². The number of aliphatic hydroxyl groups excluding tert-OH is 1. The van der Waals surface area contributed by atoms with Crippen molar-refractivity contribution in [2.24, 2.45) is 0 Å². The van der Waals surface area contributed by atoms with E-state index in [1.807, 2.05) is 27.7 Å². The molecule has 1 unspecified atom stereocenters. The highest BCUT2D eigenvalue weighted by atomic mass is 127. The van der Waals surface area contributed by atoms with Crippen LogP contribution >= 0.6 is 24.0 Å². The summed E-state index contributed by atoms with van der Waals surface area (Å²) in [6.07, 6.45) is 4.42. The van der Waals surface area contributed by atoms with Crippen LogP contribution in [0.2, 0.25) is 0 Å². The van der Waals surface area contributed by atoms with Gasteiger partial charge in [-0.05, 0) is 12.2 Å². The molecular weight excluding hydrogens is 365 g/mol. The zero-order chi connectivity index (χ0) is 14.4. The van der Waals surface area contributed by atoms with E-state index in [2.05, 4.69) is 0 Å². The van der Waals surface area contributed by atoms with Crippen LogP contribution in [0.15, 0.2) is 35.9 Å². The van der Waals surface area contributed by atoms with Crippen LogP contribution in [0, 0.1) is 0 Å². The Hall–Kier alpha value is -0.430. The predicted molar refractivity (Wildman–Crippen MR) is 87.1 cm³/mol. The van der Waals surface area contributed by atoms with Gasteiger partial charge in [0.05, 0.1) is 6.61 Å². The van der Waals surface area contributed by atoms with Crippen LogP contribution in [-0.2, 0) is 4.74 Å². The second kappa shape index (κ2) is 17.6. The number of aliphatic hydroxyl groups is 1. The van der Waals surface area contributed by atoms with Crippen LogP contribution in [0.4, 0.5) is 8.78 Å². The van der Waals surface area contributed by atoms with E-state index in [9.17, 15) is 8.78 Å². The number of rotatable bonds is 4. The number of halogens is 3. The lowest BCUT2D eigenvalue weighted by Crippen LogP contribution is -2.08. The predicted octanol–water partition coefficient (Wildman–Crippen LogP) is 4.70. The van der Waals surface area contributed by atoms with Gasteiger partial charge in [0.1, 0.15) is 6.61 Å². The smallest absolute Gasteiger partial charge is 0.176 e. The summed E-state index contributed by atoms with van der Waals surface area (Å²) in [5.74, 6) is -0.920. The van der Waals surface area contributed by atoms with E-state index in [0.29, 0.717) is 0 Å². The van der Waals surface area contributed by atoms with Gasteiger partial charge < -0.3 is 9.84 Å². The number of ether oxygens (including phenoxy) is 1. The van der Waals surface area contributed by atoms with Gasteiger partial charge >= 0.3 is 0 Å². The molecule has 0 amide bonds. The van der Waals surface area contributed by atoms with Crippen molar-refractivity contribution in [1.82, 2.24) is 0 Å². The number of allylic oxidation sites excluding steroid dienone is 3. The quantitative estimate of drug-likeness (QED) is 0.557. The van der Waals surface area contributed by atoms with E-state index in [4.69, 9.17) is 9.84 Å². The molecule has 0 bridgehead atoms. The first-order chi connectivity index (χ1) is 8.75. The fraction of sp³-hybridized carbons (Fsp3) is 0.571. The summed E-state index contributed by atoms with van der Waals surface area (Å²) in [7, 11) is 0. The summed E-state index contributed by atoms with van der Waals surface area (Å²) >= 11 is 0. The highest BCUT2D eigenvalue weighted by molar-refractivity contribution is 14.0. The molecule has 1 aliphatic rings. The second-order valence-electron chi connectivity index (χ2n) is 2.78. The molecule has 19 heavy (non-hydrogen) atoms. The molecule has 0 heterocycles. The molecule has 0 saturated carbocycles. The van der Waals surface area contributed by atoms with Crippen molar-refractivity contribution in [2.75, 3.05) is 13.2 Å². The summed E-state index contributed by atoms with van der Waals surface area (Å²) in [6, 6.07) is 0. The average Bonchev–Trinajstić information content (AvgIpc) is 2.44. The standard InChI is InChI=1S/C10H12F2O2.2C2H6.HI/c11-8-4-3-5-9(10(8)12)14-7-2-1-6-13;2*1-2;/h1-3,5,8,13H,4,6-7H2;2*1-2H3;1H/b2-1+;;;. The van der Waals surface area contributed by atoms with Gasteiger partial charge in [0.15, 0.2) is 17.8 Å². The third kappa shape index (κ3) is 11.1. The monoisotopic (exact) mass is 390 g/mol.